The van der Waals surface area contributed by atoms with Gasteiger partial charge in [-0.2, -0.15) is 0 Å². The Bertz CT molecular complexity index is 1190. The number of benzene rings is 2. The molecular weight excluding hydrogens is 390 g/mol. The Morgan fingerprint density at radius 3 is 2.62 bits per heavy atom. The van der Waals surface area contributed by atoms with Gasteiger partial charge in [-0.25, -0.2) is 4.98 Å². The molecule has 0 radical (unpaired) electrons. The van der Waals surface area contributed by atoms with Gasteiger partial charge in [0.05, 0.1) is 29.8 Å². The number of methoxy groups -OCH3 is 1. The number of fused-ring (bicyclic) bond motifs is 1. The van der Waals surface area contributed by atoms with Crippen LogP contribution in [0.5, 0.6) is 5.75 Å². The number of pyridine rings is 1. The van der Waals surface area contributed by atoms with Gasteiger partial charge in [-0.1, -0.05) is 53.2 Å². The van der Waals surface area contributed by atoms with Crippen LogP contribution in [0.2, 0.25) is 5.02 Å². The number of carbonyl (C=O) groups is 1. The quantitative estimate of drug-likeness (QED) is 0.518. The molecule has 0 unspecified atom stereocenters. The summed E-state index contributed by atoms with van der Waals surface area (Å²) in [6.07, 6.45) is 1.47. The highest BCUT2D eigenvalue weighted by Gasteiger charge is 2.23. The zero-order chi connectivity index (χ0) is 20.4. The zero-order valence-corrected chi connectivity index (χ0v) is 16.6. The molecule has 1 atom stereocenters. The highest BCUT2D eigenvalue weighted by Crippen LogP contribution is 2.33. The molecule has 146 valence electrons. The van der Waals surface area contributed by atoms with Crippen molar-refractivity contribution in [2.75, 3.05) is 7.11 Å². The van der Waals surface area contributed by atoms with Crippen LogP contribution in [0.1, 0.15) is 33.2 Å². The van der Waals surface area contributed by atoms with Crippen molar-refractivity contribution < 1.29 is 14.1 Å². The van der Waals surface area contributed by atoms with E-state index in [2.05, 4.69) is 15.5 Å². The normalized spacial score (nSPS) is 12.0. The van der Waals surface area contributed by atoms with E-state index in [1.165, 1.54) is 6.20 Å². The predicted molar refractivity (Wildman–Crippen MR) is 110 cm³/mol. The lowest BCUT2D eigenvalue weighted by Crippen LogP contribution is -2.30. The molecule has 0 saturated heterocycles. The summed E-state index contributed by atoms with van der Waals surface area (Å²) in [6.45, 7) is 1.80. The van der Waals surface area contributed by atoms with E-state index >= 15 is 0 Å². The summed E-state index contributed by atoms with van der Waals surface area (Å²) in [4.78, 5) is 17.3. The highest BCUT2D eigenvalue weighted by molar-refractivity contribution is 6.31. The second-order valence-corrected chi connectivity index (χ2v) is 6.92. The molecule has 0 aliphatic carbocycles. The molecular formula is C22H18ClN3O3. The van der Waals surface area contributed by atoms with Gasteiger partial charge in [0, 0.05) is 16.8 Å². The first-order valence-electron chi connectivity index (χ1n) is 8.98. The van der Waals surface area contributed by atoms with E-state index in [9.17, 15) is 4.79 Å². The lowest BCUT2D eigenvalue weighted by molar-refractivity contribution is 0.0942. The zero-order valence-electron chi connectivity index (χ0n) is 15.8. The van der Waals surface area contributed by atoms with Crippen molar-refractivity contribution in [3.8, 4) is 5.75 Å². The van der Waals surface area contributed by atoms with Crippen molar-refractivity contribution in [2.24, 2.45) is 0 Å². The smallest absolute Gasteiger partial charge is 0.257 e. The Kier molecular flexibility index (Phi) is 5.18. The monoisotopic (exact) mass is 407 g/mol. The fourth-order valence-corrected chi connectivity index (χ4v) is 3.47. The summed E-state index contributed by atoms with van der Waals surface area (Å²) in [5.74, 6) is 0.358. The van der Waals surface area contributed by atoms with Crippen LogP contribution in [0, 0.1) is 6.92 Å². The van der Waals surface area contributed by atoms with Gasteiger partial charge in [-0.3, -0.25) is 4.79 Å². The number of hydrogen-bond acceptors (Lipinski definition) is 5. The number of carbonyl (C=O) groups excluding carboxylic acids is 1. The molecule has 2 aromatic carbocycles. The van der Waals surface area contributed by atoms with Crippen molar-refractivity contribution >= 4 is 28.6 Å². The molecule has 29 heavy (non-hydrogen) atoms. The molecule has 1 N–H and O–H groups in total. The number of nitrogens with one attached hydrogen (secondary N) is 1. The lowest BCUT2D eigenvalue weighted by atomic mass is 9.97. The van der Waals surface area contributed by atoms with E-state index in [1.807, 2.05) is 42.5 Å². The van der Waals surface area contributed by atoms with Crippen molar-refractivity contribution in [1.29, 1.82) is 0 Å². The van der Waals surface area contributed by atoms with E-state index in [-0.39, 0.29) is 5.91 Å². The van der Waals surface area contributed by atoms with Gasteiger partial charge < -0.3 is 14.6 Å². The maximum Gasteiger partial charge on any atom is 0.257 e. The van der Waals surface area contributed by atoms with Crippen molar-refractivity contribution in [3.63, 3.8) is 0 Å². The van der Waals surface area contributed by atoms with Crippen molar-refractivity contribution in [3.05, 3.63) is 88.2 Å². The Balaban J connectivity index is 1.76. The third-order valence-electron chi connectivity index (χ3n) is 4.71. The van der Waals surface area contributed by atoms with Crippen molar-refractivity contribution in [2.45, 2.75) is 13.0 Å². The summed E-state index contributed by atoms with van der Waals surface area (Å²) in [6, 6.07) is 16.1. The van der Waals surface area contributed by atoms with E-state index in [1.54, 1.807) is 26.2 Å². The maximum absolute atomic E-state index is 13.1. The average Bonchev–Trinajstić information content (AvgIpc) is 3.12. The summed E-state index contributed by atoms with van der Waals surface area (Å²) in [7, 11) is 1.59. The molecule has 0 bridgehead atoms. The second kappa shape index (κ2) is 7.93. The number of aryl methyl sites for hydroxylation is 1. The molecule has 0 saturated carbocycles. The number of amides is 1. The Labute approximate surface area is 172 Å². The first-order valence-corrected chi connectivity index (χ1v) is 9.36. The van der Waals surface area contributed by atoms with Crippen LogP contribution in [0.4, 0.5) is 0 Å². The lowest BCUT2D eigenvalue weighted by Gasteiger charge is -2.23. The van der Waals surface area contributed by atoms with E-state index < -0.39 is 6.04 Å². The third kappa shape index (κ3) is 3.67. The van der Waals surface area contributed by atoms with Crippen LogP contribution >= 0.6 is 11.6 Å². The fraction of sp³-hybridized carbons (Fsp3) is 0.136. The largest absolute Gasteiger partial charge is 0.496 e. The summed E-state index contributed by atoms with van der Waals surface area (Å²) in [5.41, 5.74) is 3.03. The SMILES string of the molecule is COc1ccccc1[C@H](NC(=O)c1cnc2onc(C)c2c1)c1ccccc1Cl. The Morgan fingerprint density at radius 1 is 1.14 bits per heavy atom. The summed E-state index contributed by atoms with van der Waals surface area (Å²) < 4.78 is 10.6. The number of ether oxygens (including phenoxy) is 1. The number of halogens is 1. The van der Waals surface area contributed by atoms with Crippen LogP contribution in [-0.2, 0) is 0 Å². The minimum absolute atomic E-state index is 0.296. The van der Waals surface area contributed by atoms with Gasteiger partial charge in [-0.05, 0) is 30.7 Å². The van der Waals surface area contributed by atoms with E-state index in [0.29, 0.717) is 33.1 Å². The van der Waals surface area contributed by atoms with Crippen molar-refractivity contribution in [1.82, 2.24) is 15.5 Å². The van der Waals surface area contributed by atoms with Gasteiger partial charge in [0.25, 0.3) is 11.6 Å². The first-order chi connectivity index (χ1) is 14.1. The predicted octanol–water partition coefficient (Wildman–Crippen LogP) is 4.71. The number of aromatic nitrogens is 2. The molecule has 0 fully saturated rings. The molecule has 2 aromatic heterocycles. The highest BCUT2D eigenvalue weighted by atomic mass is 35.5. The van der Waals surface area contributed by atoms with E-state index in [0.717, 1.165) is 11.1 Å². The Hall–Kier alpha value is -3.38. The van der Waals surface area contributed by atoms with Crippen LogP contribution in [0.3, 0.4) is 0 Å². The number of para-hydroxylation sites is 1. The summed E-state index contributed by atoms with van der Waals surface area (Å²) in [5, 5.41) is 8.19. The minimum atomic E-state index is -0.508. The second-order valence-electron chi connectivity index (χ2n) is 6.51. The average molecular weight is 408 g/mol. The van der Waals surface area contributed by atoms with Gasteiger partial charge in [0.2, 0.25) is 0 Å². The standard InChI is InChI=1S/C22H18ClN3O3/c1-13-17-11-14(12-24-22(17)29-26-13)21(27)25-20(15-7-3-5-9-18(15)23)16-8-4-6-10-19(16)28-2/h3-12,20H,1-2H3,(H,25,27)/t20-/m1/s1. The molecule has 0 spiro atoms. The molecule has 0 aliphatic heterocycles. The minimum Gasteiger partial charge on any atom is -0.496 e. The molecule has 4 aromatic rings. The molecule has 1 amide bonds. The number of nitrogens with zero attached hydrogens (tertiary/aromatic N) is 2. The number of rotatable bonds is 5. The van der Waals surface area contributed by atoms with Gasteiger partial charge in [0.15, 0.2) is 0 Å². The number of hydrogen-bond donors (Lipinski definition) is 1. The maximum atomic E-state index is 13.1. The Morgan fingerprint density at radius 2 is 1.86 bits per heavy atom. The van der Waals surface area contributed by atoms with Crippen LogP contribution in [0.25, 0.3) is 11.1 Å². The molecule has 7 heteroatoms. The summed E-state index contributed by atoms with van der Waals surface area (Å²) >= 11 is 6.45. The third-order valence-corrected chi connectivity index (χ3v) is 5.06. The van der Waals surface area contributed by atoms with Crippen LogP contribution < -0.4 is 10.1 Å². The van der Waals surface area contributed by atoms with Gasteiger partial charge in [-0.15, -0.1) is 0 Å². The molecule has 2 heterocycles. The van der Waals surface area contributed by atoms with Crippen LogP contribution in [-0.4, -0.2) is 23.2 Å². The topological polar surface area (TPSA) is 77.2 Å². The van der Waals surface area contributed by atoms with Gasteiger partial charge in [0.1, 0.15) is 5.75 Å². The van der Waals surface area contributed by atoms with Crippen LogP contribution in [0.15, 0.2) is 65.3 Å². The van der Waals surface area contributed by atoms with Gasteiger partial charge >= 0.3 is 0 Å². The fourth-order valence-electron chi connectivity index (χ4n) is 3.22. The molecule has 6 nitrogen and oxygen atoms in total. The molecule has 4 rings (SSSR count). The van der Waals surface area contributed by atoms with E-state index in [4.69, 9.17) is 20.9 Å². The molecule has 0 aliphatic rings. The first kappa shape index (κ1) is 19.0.